The predicted octanol–water partition coefficient (Wildman–Crippen LogP) is 2.92. The summed E-state index contributed by atoms with van der Waals surface area (Å²) in [6.45, 7) is 3.75. The van der Waals surface area contributed by atoms with Gasteiger partial charge in [0.2, 0.25) is 10.0 Å². The molecule has 0 radical (unpaired) electrons. The third kappa shape index (κ3) is 8.94. The van der Waals surface area contributed by atoms with Crippen LogP contribution in [0.2, 0.25) is 0 Å². The number of benzene rings is 1. The molecule has 1 atom stereocenters. The second kappa shape index (κ2) is 15.2. The number of carbonyl (C=O) groups is 1. The van der Waals surface area contributed by atoms with E-state index in [1.807, 2.05) is 4.90 Å². The number of nitrogens with zero attached hydrogens (tertiary/aromatic N) is 3. The van der Waals surface area contributed by atoms with Crippen LogP contribution in [0.15, 0.2) is 24.3 Å². The number of ether oxygens (including phenoxy) is 3. The van der Waals surface area contributed by atoms with E-state index in [0.29, 0.717) is 58.1 Å². The lowest BCUT2D eigenvalue weighted by Gasteiger charge is -2.44. The van der Waals surface area contributed by atoms with Crippen molar-refractivity contribution in [3.05, 3.63) is 24.3 Å². The maximum atomic E-state index is 14.2. The Labute approximate surface area is 251 Å². The standard InChI is InChI=1S/C28H43F3N4O7S/c1-39-22-19-33-13-11-27(12-14-33,26(36)32-42-25-5-2-3-20-41-25)43(37,38)35-17-15-34(16-18-35)23-6-8-24(9-7-23)40-21-4-10-28(29,30)31/h6-9,25H,2-5,10-22H2,1H3,(H,32,36). The second-order valence-corrected chi connectivity index (χ2v) is 13.4. The van der Waals surface area contributed by atoms with Crippen LogP contribution in [-0.4, -0.2) is 113 Å². The summed E-state index contributed by atoms with van der Waals surface area (Å²) in [6.07, 6.45) is -3.11. The minimum absolute atomic E-state index is 0.0341. The molecule has 1 unspecified atom stereocenters. The number of amides is 1. The van der Waals surface area contributed by atoms with E-state index in [2.05, 4.69) is 10.4 Å². The number of hydroxylamine groups is 1. The number of likely N-dealkylation sites (tertiary alicyclic amines) is 1. The van der Waals surface area contributed by atoms with E-state index in [4.69, 9.17) is 19.0 Å². The summed E-state index contributed by atoms with van der Waals surface area (Å²) in [5, 5.41) is 0. The summed E-state index contributed by atoms with van der Waals surface area (Å²) in [7, 11) is -2.45. The molecule has 0 aromatic heterocycles. The predicted molar refractivity (Wildman–Crippen MR) is 153 cm³/mol. The lowest BCUT2D eigenvalue weighted by atomic mass is 9.95. The fourth-order valence-corrected chi connectivity index (χ4v) is 7.74. The van der Waals surface area contributed by atoms with Crippen molar-refractivity contribution in [1.82, 2.24) is 14.7 Å². The van der Waals surface area contributed by atoms with Crippen molar-refractivity contribution in [2.45, 2.75) is 62.2 Å². The van der Waals surface area contributed by atoms with E-state index in [9.17, 15) is 26.4 Å². The number of nitrogens with one attached hydrogen (secondary N) is 1. The highest BCUT2D eigenvalue weighted by atomic mass is 32.2. The van der Waals surface area contributed by atoms with Gasteiger partial charge < -0.3 is 24.0 Å². The Balaban J connectivity index is 1.37. The molecular weight excluding hydrogens is 593 g/mol. The molecule has 0 saturated carbocycles. The Morgan fingerprint density at radius 2 is 1.74 bits per heavy atom. The summed E-state index contributed by atoms with van der Waals surface area (Å²) < 4.78 is 81.2. The Hall–Kier alpha value is -2.17. The molecule has 0 bridgehead atoms. The van der Waals surface area contributed by atoms with E-state index >= 15 is 0 Å². The third-order valence-corrected chi connectivity index (χ3v) is 10.9. The first-order chi connectivity index (χ1) is 20.5. The van der Waals surface area contributed by atoms with Gasteiger partial charge >= 0.3 is 6.18 Å². The number of hydrogen-bond donors (Lipinski definition) is 1. The van der Waals surface area contributed by atoms with E-state index in [1.165, 1.54) is 4.31 Å². The van der Waals surface area contributed by atoms with Gasteiger partial charge in [0.25, 0.3) is 5.91 Å². The van der Waals surface area contributed by atoms with Gasteiger partial charge in [-0.05, 0) is 56.4 Å². The van der Waals surface area contributed by atoms with Crippen LogP contribution in [0.25, 0.3) is 0 Å². The molecule has 4 rings (SSSR count). The highest BCUT2D eigenvalue weighted by molar-refractivity contribution is 7.91. The Morgan fingerprint density at radius 1 is 1.05 bits per heavy atom. The molecule has 43 heavy (non-hydrogen) atoms. The van der Waals surface area contributed by atoms with Crippen molar-refractivity contribution in [1.29, 1.82) is 0 Å². The summed E-state index contributed by atoms with van der Waals surface area (Å²) in [5.74, 6) is -0.195. The fourth-order valence-electron chi connectivity index (χ4n) is 5.63. The summed E-state index contributed by atoms with van der Waals surface area (Å²) in [4.78, 5) is 23.3. The van der Waals surface area contributed by atoms with Crippen molar-refractivity contribution in [2.75, 3.05) is 77.6 Å². The van der Waals surface area contributed by atoms with Gasteiger partial charge in [0.1, 0.15) is 5.75 Å². The van der Waals surface area contributed by atoms with Crippen LogP contribution < -0.4 is 15.1 Å². The molecular formula is C28H43F3N4O7S. The van der Waals surface area contributed by atoms with Crippen molar-refractivity contribution in [2.24, 2.45) is 0 Å². The molecule has 3 aliphatic rings. The van der Waals surface area contributed by atoms with Crippen LogP contribution >= 0.6 is 0 Å². The van der Waals surface area contributed by atoms with Gasteiger partial charge in [0, 0.05) is 78.1 Å². The lowest BCUT2D eigenvalue weighted by Crippen LogP contribution is -2.64. The van der Waals surface area contributed by atoms with Crippen LogP contribution in [0, 0.1) is 0 Å². The fraction of sp³-hybridized carbons (Fsp3) is 0.750. The summed E-state index contributed by atoms with van der Waals surface area (Å²) in [5.41, 5.74) is 3.29. The van der Waals surface area contributed by atoms with Crippen LogP contribution in [0.4, 0.5) is 18.9 Å². The van der Waals surface area contributed by atoms with E-state index in [0.717, 1.165) is 18.5 Å². The zero-order valence-electron chi connectivity index (χ0n) is 24.6. The van der Waals surface area contributed by atoms with Gasteiger partial charge in [-0.1, -0.05) is 0 Å². The van der Waals surface area contributed by atoms with Gasteiger partial charge in [0.05, 0.1) is 13.2 Å². The highest BCUT2D eigenvalue weighted by Gasteiger charge is 2.55. The molecule has 3 fully saturated rings. The van der Waals surface area contributed by atoms with Gasteiger partial charge in [-0.15, -0.1) is 0 Å². The van der Waals surface area contributed by atoms with Crippen molar-refractivity contribution in [3.8, 4) is 5.75 Å². The Morgan fingerprint density at radius 3 is 2.35 bits per heavy atom. The van der Waals surface area contributed by atoms with Gasteiger partial charge in [-0.3, -0.25) is 4.79 Å². The SMILES string of the molecule is COCCN1CCC(C(=O)NOC2CCCCO2)(S(=O)(=O)N2CCN(c3ccc(OCCCC(F)(F)F)cc3)CC2)CC1. The molecule has 0 spiro atoms. The number of hydrogen-bond acceptors (Lipinski definition) is 9. The first-order valence-electron chi connectivity index (χ1n) is 14.9. The number of sulfonamides is 1. The van der Waals surface area contributed by atoms with Gasteiger partial charge in [-0.25, -0.2) is 18.7 Å². The largest absolute Gasteiger partial charge is 0.494 e. The average molecular weight is 637 g/mol. The highest BCUT2D eigenvalue weighted by Crippen LogP contribution is 2.35. The lowest BCUT2D eigenvalue weighted by molar-refractivity contribution is -0.202. The molecule has 0 aliphatic carbocycles. The number of halogens is 3. The quantitative estimate of drug-likeness (QED) is 0.258. The smallest absolute Gasteiger partial charge is 0.389 e. The Bertz CT molecular complexity index is 1120. The van der Waals surface area contributed by atoms with E-state index in [1.54, 1.807) is 31.4 Å². The zero-order valence-corrected chi connectivity index (χ0v) is 25.5. The maximum absolute atomic E-state index is 14.2. The van der Waals surface area contributed by atoms with Crippen LogP contribution in [0.5, 0.6) is 5.75 Å². The third-order valence-electron chi connectivity index (χ3n) is 8.26. The van der Waals surface area contributed by atoms with Gasteiger partial charge in [0.15, 0.2) is 11.0 Å². The first kappa shape index (κ1) is 33.7. The number of anilines is 1. The monoisotopic (exact) mass is 636 g/mol. The van der Waals surface area contributed by atoms with Crippen molar-refractivity contribution < 1.29 is 45.4 Å². The second-order valence-electron chi connectivity index (χ2n) is 11.1. The number of piperidine rings is 1. The average Bonchev–Trinajstić information content (AvgIpc) is 3.01. The summed E-state index contributed by atoms with van der Waals surface area (Å²) >= 11 is 0. The number of rotatable bonds is 13. The van der Waals surface area contributed by atoms with E-state index in [-0.39, 0.29) is 39.0 Å². The maximum Gasteiger partial charge on any atom is 0.389 e. The molecule has 1 amide bonds. The van der Waals surface area contributed by atoms with E-state index < -0.39 is 39.6 Å². The number of methoxy groups -OCH3 is 1. The molecule has 15 heteroatoms. The van der Waals surface area contributed by atoms with Crippen molar-refractivity contribution >= 4 is 21.6 Å². The molecule has 1 aromatic rings. The normalized spacial score (nSPS) is 22.3. The molecule has 244 valence electrons. The molecule has 3 aliphatic heterocycles. The molecule has 11 nitrogen and oxygen atoms in total. The first-order valence-corrected chi connectivity index (χ1v) is 16.3. The molecule has 1 N–H and O–H groups in total. The minimum Gasteiger partial charge on any atom is -0.494 e. The minimum atomic E-state index is -4.20. The van der Waals surface area contributed by atoms with Crippen LogP contribution in [-0.2, 0) is 29.1 Å². The summed E-state index contributed by atoms with van der Waals surface area (Å²) in [6, 6.07) is 6.99. The van der Waals surface area contributed by atoms with Crippen LogP contribution in [0.3, 0.4) is 0 Å². The number of alkyl halides is 3. The number of piperazine rings is 1. The van der Waals surface area contributed by atoms with Gasteiger partial charge in [-0.2, -0.15) is 17.5 Å². The Kier molecular flexibility index (Phi) is 11.9. The number of carbonyl (C=O) groups excluding carboxylic acids is 1. The van der Waals surface area contributed by atoms with Crippen LogP contribution in [0.1, 0.15) is 44.9 Å². The molecule has 1 aromatic carbocycles. The molecule has 3 saturated heterocycles. The topological polar surface area (TPSA) is 110 Å². The van der Waals surface area contributed by atoms with Crippen molar-refractivity contribution in [3.63, 3.8) is 0 Å². The zero-order chi connectivity index (χ0) is 30.9. The molecule has 3 heterocycles.